The van der Waals surface area contributed by atoms with Crippen molar-refractivity contribution in [3.05, 3.63) is 324 Å². The normalized spacial score (nSPS) is 10.9. The van der Waals surface area contributed by atoms with Crippen LogP contribution in [0.5, 0.6) is 0 Å². The summed E-state index contributed by atoms with van der Waals surface area (Å²) in [5.41, 5.74) is 4.73. The van der Waals surface area contributed by atoms with Gasteiger partial charge < -0.3 is 56.6 Å². The predicted molar refractivity (Wildman–Crippen MR) is 534 cm³/mol. The molecule has 8 aromatic carbocycles. The Morgan fingerprint density at radius 1 is 0.519 bits per heavy atom. The molecule has 1 N–H and O–H groups in total. The minimum Gasteiger partial charge on any atom is -1.00 e. The molecule has 0 unspecified atom stereocenters. The van der Waals surface area contributed by atoms with E-state index in [1.807, 2.05) is 87.6 Å². The van der Waals surface area contributed by atoms with Crippen LogP contribution in [0.3, 0.4) is 0 Å². The molecule has 135 heavy (non-hydrogen) atoms. The van der Waals surface area contributed by atoms with Gasteiger partial charge in [-0.3, -0.25) is 40.0 Å². The van der Waals surface area contributed by atoms with E-state index >= 15 is 8.78 Å². The number of fused-ring (bicyclic) bond motifs is 4. The maximum Gasteiger partial charge on any atom is 2.00 e. The average Bonchev–Trinajstić information content (AvgIpc) is 1.73. The van der Waals surface area contributed by atoms with E-state index in [-0.39, 0.29) is 96.8 Å². The molecule has 0 saturated carbocycles. The second-order valence-electron chi connectivity index (χ2n) is 28.0. The number of H-pyrrole nitrogens is 1. The Hall–Kier alpha value is -9.50. The molecule has 9 heterocycles. The summed E-state index contributed by atoms with van der Waals surface area (Å²) in [4.78, 5) is 51.3. The summed E-state index contributed by atoms with van der Waals surface area (Å²) in [5.74, 6) is -3.86. The number of hydrogen-bond acceptors (Lipinski definition) is 16. The molecular formula is C95H92BBr2Cl6F5MgN13O9S3. The summed E-state index contributed by atoms with van der Waals surface area (Å²) >= 11 is 45.9. The standard InChI is InChI=1S/C23H20Cl2FN3O2S.C23H21ClFN3O2S.C14H13ClFN3.C9H10O2S.C8H5ClFN.C6H9BrN2.C6H3ClFNO2.C4H8O.C2H3.B.BrH.Mg/c1-3-10-28-13-15(12-27-28)29-20-17(8-9-18(24)19(20)26)21(22(29)25)32-16-7-5-6-14(11-16)23(30)31-4-2;1-3-10-27-13-16(12-26-27)28-14-20(18-8-9-19(24)21(25)22(18)28)31-17-7-5-6-15(11-17)23(29)30-4-2;1-2-6-18-9-11(8-17-18)19-7-5-10-3-4-12(15)13(16)14(10)19;1-2-11-9(10)7-4-3-5-8(12)6-7;9-6-2-1-5-3-4-11-8(5)7(6)10;1-2-3-9-5-6(7)4-8-9;7-4-2-1-3-5(6(4)8)9(10)11;1-2-4-5-3-1;1-2;;;/h5-9,11-13H,3-4,10H2,1-2H3;5-9,11-14H,3-4,10H2,1-2H3;3-5,7-9H,2,6H2,1H3;3-6,12H,2H2,1H3;1-4,11H;4-5H,2-3H2,1H3;1-3H;1-4H2;1H,2H2;;1H;/q;;;;;;;;-1;;;+2/p-1. The fourth-order valence-electron chi connectivity index (χ4n) is 12.8. The predicted octanol–water partition coefficient (Wildman–Crippen LogP) is 24.6. The minimum atomic E-state index is -0.987. The first-order valence-electron chi connectivity index (χ1n) is 41.4. The van der Waals surface area contributed by atoms with Crippen LogP contribution in [-0.2, 0) is 45.1 Å². The number of nitro benzene ring substituents is 1. The number of carbonyl (C=O) groups is 3. The van der Waals surface area contributed by atoms with Crippen LogP contribution in [0.25, 0.3) is 60.7 Å². The maximum atomic E-state index is 15.2. The number of benzene rings is 8. The third-order valence-corrected chi connectivity index (χ3v) is 23.4. The molecule has 0 amide bonds. The SMILES string of the molecule is C1CCOC1.CCCn1cc(-n2c(Cl)c(Sc3cccc(C(=O)OCC)c3)c3ccc(Cl)c(F)c32)cn1.CCCn1cc(-n2cc(Sc3cccc(C(=O)OCC)c3)c3ccc(Cl)c(F)c32)cn1.CCCn1cc(-n2ccc3ccc(Cl)c(F)c32)cn1.CCCn1cc(Br)cn1.CCOC(=O)c1cccc(S)c1.Fc1c(Cl)ccc2cc[nH]c12.O=[N+]([O-])c1cccc(Cl)c1F.[B].[Br-].[CH-]=C.[Mg+2]. The van der Waals surface area contributed by atoms with Gasteiger partial charge in [-0.15, -0.1) is 12.6 Å². The van der Waals surface area contributed by atoms with Crippen LogP contribution in [-0.4, -0.2) is 145 Å². The number of esters is 3. The molecule has 1 aliphatic heterocycles. The number of nitro groups is 1. The molecule has 1 fully saturated rings. The van der Waals surface area contributed by atoms with E-state index in [1.54, 1.807) is 161 Å². The van der Waals surface area contributed by atoms with Crippen LogP contribution in [0, 0.1) is 45.8 Å². The van der Waals surface area contributed by atoms with Gasteiger partial charge in [-0.1, -0.05) is 157 Å². The van der Waals surface area contributed by atoms with Crippen molar-refractivity contribution in [3.8, 4) is 17.1 Å². The van der Waals surface area contributed by atoms with Gasteiger partial charge in [-0.25, -0.2) is 31.9 Å². The zero-order valence-corrected chi connectivity index (χ0v) is 85.8. The van der Waals surface area contributed by atoms with Crippen LogP contribution in [0.1, 0.15) is 118 Å². The first kappa shape index (κ1) is 114. The molecule has 17 rings (SSSR count). The molecule has 0 spiro atoms. The maximum absolute atomic E-state index is 15.2. The number of aromatic nitrogens is 12. The fraction of sp³-hybridized carbons (Fsp3) is 0.232. The van der Waals surface area contributed by atoms with E-state index in [9.17, 15) is 37.7 Å². The van der Waals surface area contributed by atoms with Crippen molar-refractivity contribution in [2.75, 3.05) is 33.0 Å². The van der Waals surface area contributed by atoms with Crippen molar-refractivity contribution in [2.45, 2.75) is 138 Å². The summed E-state index contributed by atoms with van der Waals surface area (Å²) in [5, 5.41) is 30.6. The van der Waals surface area contributed by atoms with Crippen molar-refractivity contribution in [1.82, 2.24) is 57.8 Å². The molecule has 705 valence electrons. The molecule has 16 aromatic rings. The Balaban J connectivity index is 0.000000250. The molecular weight excluding hydrogens is 2070 g/mol. The second-order valence-corrected chi connectivity index (χ2v) is 34.1. The number of halogens is 13. The second kappa shape index (κ2) is 57.6. The Bertz CT molecular complexity index is 6570. The molecule has 1 saturated heterocycles. The van der Waals surface area contributed by atoms with Crippen LogP contribution >= 0.6 is 122 Å². The molecule has 1 aliphatic rings. The van der Waals surface area contributed by atoms with E-state index in [4.69, 9.17) is 88.6 Å². The van der Waals surface area contributed by atoms with Crippen molar-refractivity contribution in [3.63, 3.8) is 0 Å². The van der Waals surface area contributed by atoms with E-state index in [1.165, 1.54) is 54.6 Å². The molecule has 0 atom stereocenters. The van der Waals surface area contributed by atoms with Crippen LogP contribution in [0.4, 0.5) is 27.6 Å². The van der Waals surface area contributed by atoms with E-state index in [2.05, 4.69) is 94.8 Å². The van der Waals surface area contributed by atoms with Crippen molar-refractivity contribution in [1.29, 1.82) is 0 Å². The van der Waals surface area contributed by atoms with Crippen molar-refractivity contribution >= 4 is 220 Å². The number of hydrogen-bond donors (Lipinski definition) is 2. The fourth-order valence-corrected chi connectivity index (χ4v) is 16.5. The van der Waals surface area contributed by atoms with E-state index in [0.29, 0.717) is 74.2 Å². The summed E-state index contributed by atoms with van der Waals surface area (Å²) in [6, 6.07) is 41.9. The summed E-state index contributed by atoms with van der Waals surface area (Å²) in [6.45, 7) is 27.0. The number of thiol groups is 1. The van der Waals surface area contributed by atoms with E-state index < -0.39 is 39.8 Å². The molecule has 8 aromatic heterocycles. The van der Waals surface area contributed by atoms with Gasteiger partial charge in [0.1, 0.15) is 5.15 Å². The summed E-state index contributed by atoms with van der Waals surface area (Å²) < 4.78 is 104. The van der Waals surface area contributed by atoms with Gasteiger partial charge in [-0.05, 0) is 184 Å². The van der Waals surface area contributed by atoms with Crippen LogP contribution in [0.15, 0.2) is 255 Å². The largest absolute Gasteiger partial charge is 2.00 e. The number of aryl methyl sites for hydroxylation is 4. The number of nitrogens with one attached hydrogen (secondary N) is 1. The number of nitrogens with zero attached hydrogens (tertiary/aromatic N) is 12. The zero-order valence-electron chi connectivity index (χ0n) is 74.2. The Morgan fingerprint density at radius 2 is 0.956 bits per heavy atom. The average molecular weight is 2160 g/mol. The monoisotopic (exact) mass is 2150 g/mol. The number of aromatic amines is 1. The van der Waals surface area contributed by atoms with Gasteiger partial charge in [0.15, 0.2) is 23.3 Å². The quantitative estimate of drug-likeness (QED) is 0.00939. The molecule has 22 nitrogen and oxygen atoms in total. The number of ether oxygens (including phenoxy) is 4. The van der Waals surface area contributed by atoms with Crippen molar-refractivity contribution in [2.24, 2.45) is 0 Å². The first-order valence-corrected chi connectivity index (χ1v) is 46.5. The molecule has 0 bridgehead atoms. The Kier molecular flexibility index (Phi) is 48.8. The first-order chi connectivity index (χ1) is 63.6. The van der Waals surface area contributed by atoms with Crippen LogP contribution < -0.4 is 17.0 Å². The summed E-state index contributed by atoms with van der Waals surface area (Å²) in [6.07, 6.45) is 26.4. The van der Waals surface area contributed by atoms with Gasteiger partial charge in [0.05, 0.1) is 140 Å². The van der Waals surface area contributed by atoms with Crippen molar-refractivity contribution < 1.29 is 77.2 Å². The third kappa shape index (κ3) is 31.5. The number of rotatable bonds is 22. The van der Waals surface area contributed by atoms with Gasteiger partial charge >= 0.3 is 46.6 Å². The smallest absolute Gasteiger partial charge is 1.00 e. The molecule has 3 radical (unpaired) electrons. The summed E-state index contributed by atoms with van der Waals surface area (Å²) in [7, 11) is 0. The topological polar surface area (TPSA) is 233 Å². The van der Waals surface area contributed by atoms with Gasteiger partial charge in [-0.2, -0.15) is 24.8 Å². The number of carbonyl (C=O) groups excluding carboxylic acids is 3. The Morgan fingerprint density at radius 3 is 1.44 bits per heavy atom. The minimum absolute atomic E-state index is 0. The molecule has 0 aliphatic carbocycles. The third-order valence-electron chi connectivity index (χ3n) is 18.6. The van der Waals surface area contributed by atoms with Gasteiger partial charge in [0, 0.05) is 138 Å². The van der Waals surface area contributed by atoms with Gasteiger partial charge in [0.2, 0.25) is 5.82 Å². The van der Waals surface area contributed by atoms with E-state index in [0.717, 1.165) is 123 Å². The zero-order chi connectivity index (χ0) is 95.7. The van der Waals surface area contributed by atoms with Crippen LogP contribution in [0.2, 0.25) is 30.3 Å². The molecule has 40 heteroatoms. The van der Waals surface area contributed by atoms with Gasteiger partial charge in [0.25, 0.3) is 0 Å². The Labute approximate surface area is 858 Å².